The summed E-state index contributed by atoms with van der Waals surface area (Å²) in [5.41, 5.74) is 3.20. The zero-order valence-electron chi connectivity index (χ0n) is 17.3. The van der Waals surface area contributed by atoms with Crippen molar-refractivity contribution in [2.24, 2.45) is 5.92 Å². The molecule has 0 saturated carbocycles. The van der Waals surface area contributed by atoms with Crippen LogP contribution in [0.5, 0.6) is 0 Å². The molecule has 3 heterocycles. The van der Waals surface area contributed by atoms with Crippen molar-refractivity contribution < 1.29 is 9.18 Å². The molecule has 2 aromatic carbocycles. The highest BCUT2D eigenvalue weighted by Crippen LogP contribution is 2.36. The minimum absolute atomic E-state index is 0.0439. The Kier molecular flexibility index (Phi) is 5.18. The van der Waals surface area contributed by atoms with Crippen molar-refractivity contribution in [2.45, 2.75) is 23.8 Å². The van der Waals surface area contributed by atoms with Gasteiger partial charge in [0.05, 0.1) is 0 Å². The number of thioether (sulfide) groups is 1. The molecule has 3 aromatic rings. The minimum atomic E-state index is -0.348. The zero-order valence-corrected chi connectivity index (χ0v) is 18.1. The molecule has 0 unspecified atom stereocenters. The van der Waals surface area contributed by atoms with Gasteiger partial charge in [0, 0.05) is 47.3 Å². The summed E-state index contributed by atoms with van der Waals surface area (Å²) in [6, 6.07) is 17.8. The molecule has 4 nitrogen and oxygen atoms in total. The van der Waals surface area contributed by atoms with Gasteiger partial charge in [0.15, 0.2) is 0 Å². The second kappa shape index (κ2) is 8.00. The molecule has 2 atom stereocenters. The molecule has 0 radical (unpaired) electrons. The van der Waals surface area contributed by atoms with Gasteiger partial charge in [-0.15, -0.1) is 11.8 Å². The smallest absolute Gasteiger partial charge is 0.258 e. The first-order chi connectivity index (χ1) is 15.0. The predicted octanol–water partition coefficient (Wildman–Crippen LogP) is 4.64. The van der Waals surface area contributed by atoms with Gasteiger partial charge in [-0.2, -0.15) is 0 Å². The molecule has 1 amide bonds. The van der Waals surface area contributed by atoms with E-state index < -0.39 is 0 Å². The van der Waals surface area contributed by atoms with Crippen LogP contribution in [-0.2, 0) is 6.54 Å². The van der Waals surface area contributed by atoms with Crippen LogP contribution in [0.15, 0.2) is 70.4 Å². The van der Waals surface area contributed by atoms with E-state index in [9.17, 15) is 14.0 Å². The molecule has 0 N–H and O–H groups in total. The molecule has 1 aromatic heterocycles. The lowest BCUT2D eigenvalue weighted by Gasteiger charge is -2.43. The van der Waals surface area contributed by atoms with Gasteiger partial charge in [0.1, 0.15) is 5.82 Å². The molecule has 31 heavy (non-hydrogen) atoms. The van der Waals surface area contributed by atoms with E-state index >= 15 is 0 Å². The number of nitrogens with zero attached hydrogens (tertiary/aromatic N) is 2. The number of piperidine rings is 1. The first-order valence-corrected chi connectivity index (χ1v) is 11.7. The zero-order chi connectivity index (χ0) is 21.5. The number of fused-ring (bicyclic) bond motifs is 4. The largest absolute Gasteiger partial charge is 0.338 e. The summed E-state index contributed by atoms with van der Waals surface area (Å²) in [5, 5.41) is 0. The molecule has 158 valence electrons. The Hall–Kier alpha value is -2.86. The Bertz CT molecular complexity index is 1190. The minimum Gasteiger partial charge on any atom is -0.338 e. The first kappa shape index (κ1) is 20.1. The fourth-order valence-electron chi connectivity index (χ4n) is 4.88. The number of likely N-dealkylation sites (tertiary alicyclic amines) is 1. The van der Waals surface area contributed by atoms with Crippen molar-refractivity contribution in [2.75, 3.05) is 19.3 Å². The predicted molar refractivity (Wildman–Crippen MR) is 121 cm³/mol. The van der Waals surface area contributed by atoms with Gasteiger partial charge in [-0.3, -0.25) is 9.59 Å². The van der Waals surface area contributed by atoms with Crippen molar-refractivity contribution >= 4 is 17.7 Å². The Morgan fingerprint density at radius 1 is 0.968 bits per heavy atom. The van der Waals surface area contributed by atoms with Crippen LogP contribution >= 0.6 is 11.8 Å². The third-order valence-corrected chi connectivity index (χ3v) is 7.13. The number of hydrogen-bond donors (Lipinski definition) is 0. The second-order valence-electron chi connectivity index (χ2n) is 8.33. The number of halogens is 1. The molecule has 5 rings (SSSR count). The molecule has 6 heteroatoms. The van der Waals surface area contributed by atoms with Gasteiger partial charge in [0.2, 0.25) is 0 Å². The fraction of sp³-hybridized carbons (Fsp3) is 0.280. The average Bonchev–Trinajstić information content (AvgIpc) is 2.80. The summed E-state index contributed by atoms with van der Waals surface area (Å²) in [6.07, 6.45) is 3.01. The third kappa shape index (κ3) is 3.69. The highest BCUT2D eigenvalue weighted by atomic mass is 32.2. The first-order valence-electron chi connectivity index (χ1n) is 10.5. The Labute approximate surface area is 184 Å². The maximum Gasteiger partial charge on any atom is 0.258 e. The summed E-state index contributed by atoms with van der Waals surface area (Å²) >= 11 is 1.68. The quantitative estimate of drug-likeness (QED) is 0.564. The van der Waals surface area contributed by atoms with Crippen molar-refractivity contribution in [3.8, 4) is 11.1 Å². The van der Waals surface area contributed by atoms with Gasteiger partial charge >= 0.3 is 0 Å². The summed E-state index contributed by atoms with van der Waals surface area (Å²) < 4.78 is 15.1. The summed E-state index contributed by atoms with van der Waals surface area (Å²) in [5.74, 6) is -0.0461. The number of amides is 1. The van der Waals surface area contributed by atoms with E-state index in [1.165, 1.54) is 29.2 Å². The van der Waals surface area contributed by atoms with Crippen LogP contribution < -0.4 is 5.56 Å². The van der Waals surface area contributed by atoms with Crippen LogP contribution in [0, 0.1) is 11.7 Å². The fourth-order valence-corrected chi connectivity index (χ4v) is 5.29. The van der Waals surface area contributed by atoms with E-state index in [1.807, 2.05) is 52.1 Å². The molecule has 1 saturated heterocycles. The van der Waals surface area contributed by atoms with E-state index in [4.69, 9.17) is 0 Å². The van der Waals surface area contributed by atoms with Gasteiger partial charge < -0.3 is 9.47 Å². The third-order valence-electron chi connectivity index (χ3n) is 6.38. The molecule has 2 bridgehead atoms. The monoisotopic (exact) mass is 434 g/mol. The molecular weight excluding hydrogens is 411 g/mol. The molecule has 2 aliphatic rings. The highest BCUT2D eigenvalue weighted by molar-refractivity contribution is 7.98. The normalized spacial score (nSPS) is 19.7. The summed E-state index contributed by atoms with van der Waals surface area (Å²) in [6.45, 7) is 1.81. The van der Waals surface area contributed by atoms with Crippen LogP contribution in [0.25, 0.3) is 11.1 Å². The molecule has 1 fully saturated rings. The second-order valence-corrected chi connectivity index (χ2v) is 9.21. The van der Waals surface area contributed by atoms with Crippen LogP contribution in [0.2, 0.25) is 0 Å². The summed E-state index contributed by atoms with van der Waals surface area (Å²) in [7, 11) is 0. The van der Waals surface area contributed by atoms with Crippen LogP contribution in [0.4, 0.5) is 4.39 Å². The topological polar surface area (TPSA) is 42.3 Å². The SMILES string of the molecule is CSc1ccc(-c2ccc3n(c2=O)C[C@H]2C[C@@H]3CN(C(=O)c3ccc(F)cc3)C2)cc1. The molecule has 0 spiro atoms. The number of aromatic nitrogens is 1. The standard InChI is InChI=1S/C25H23FN2O2S/c1-31-21-8-4-17(5-9-21)22-10-11-23-19-12-16(14-28(23)25(22)30)13-27(15-19)24(29)18-2-6-20(26)7-3-18/h2-11,16,19H,12-15H2,1H3/t16-,19+/m0/s1. The molecule has 2 aliphatic heterocycles. The number of benzene rings is 2. The van der Waals surface area contributed by atoms with E-state index in [1.54, 1.807) is 11.8 Å². The van der Waals surface area contributed by atoms with Crippen molar-refractivity contribution in [1.82, 2.24) is 9.47 Å². The highest BCUT2D eigenvalue weighted by Gasteiger charge is 2.37. The van der Waals surface area contributed by atoms with E-state index in [0.29, 0.717) is 25.2 Å². The lowest BCUT2D eigenvalue weighted by atomic mass is 9.82. The van der Waals surface area contributed by atoms with Crippen molar-refractivity contribution in [3.63, 3.8) is 0 Å². The van der Waals surface area contributed by atoms with Gasteiger partial charge in [-0.25, -0.2) is 4.39 Å². The van der Waals surface area contributed by atoms with Crippen molar-refractivity contribution in [1.29, 1.82) is 0 Å². The Morgan fingerprint density at radius 3 is 2.42 bits per heavy atom. The van der Waals surface area contributed by atoms with E-state index in [-0.39, 0.29) is 29.1 Å². The van der Waals surface area contributed by atoms with Crippen molar-refractivity contribution in [3.05, 3.63) is 88.1 Å². The van der Waals surface area contributed by atoms with Crippen LogP contribution in [-0.4, -0.2) is 34.7 Å². The Morgan fingerprint density at radius 2 is 1.71 bits per heavy atom. The van der Waals surface area contributed by atoms with Gasteiger partial charge in [-0.1, -0.05) is 12.1 Å². The number of rotatable bonds is 3. The summed E-state index contributed by atoms with van der Waals surface area (Å²) in [4.78, 5) is 29.3. The van der Waals surface area contributed by atoms with E-state index in [2.05, 4.69) is 0 Å². The lowest BCUT2D eigenvalue weighted by molar-refractivity contribution is 0.0594. The maximum atomic E-state index is 13.3. The number of pyridine rings is 1. The average molecular weight is 435 g/mol. The Balaban J connectivity index is 1.43. The number of hydrogen-bond acceptors (Lipinski definition) is 3. The van der Waals surface area contributed by atoms with E-state index in [0.717, 1.165) is 23.2 Å². The molecule has 0 aliphatic carbocycles. The lowest BCUT2D eigenvalue weighted by Crippen LogP contribution is -2.49. The molecular formula is C25H23FN2O2S. The number of carbonyl (C=O) groups is 1. The van der Waals surface area contributed by atoms with Gasteiger partial charge in [0.25, 0.3) is 11.5 Å². The van der Waals surface area contributed by atoms with Crippen LogP contribution in [0.3, 0.4) is 0 Å². The number of carbonyl (C=O) groups excluding carboxylic acids is 1. The van der Waals surface area contributed by atoms with Gasteiger partial charge in [-0.05, 0) is 72.7 Å². The maximum absolute atomic E-state index is 13.3. The van der Waals surface area contributed by atoms with Crippen LogP contribution in [0.1, 0.15) is 28.4 Å².